The first-order chi connectivity index (χ1) is 11.2. The van der Waals surface area contributed by atoms with Crippen LogP contribution in [0, 0.1) is 5.82 Å². The van der Waals surface area contributed by atoms with E-state index in [2.05, 4.69) is 5.32 Å². The molecule has 0 aliphatic carbocycles. The van der Waals surface area contributed by atoms with E-state index in [1.54, 1.807) is 39.0 Å². The summed E-state index contributed by atoms with van der Waals surface area (Å²) in [5.74, 6) is -0.929. The number of carbonyl (C=O) groups is 2. The van der Waals surface area contributed by atoms with Crippen LogP contribution in [0.5, 0.6) is 0 Å². The van der Waals surface area contributed by atoms with Crippen molar-refractivity contribution in [2.24, 2.45) is 0 Å². The molecule has 0 saturated carbocycles. The van der Waals surface area contributed by atoms with Crippen LogP contribution >= 0.6 is 11.3 Å². The van der Waals surface area contributed by atoms with E-state index >= 15 is 0 Å². The number of methoxy groups -OCH3 is 1. The van der Waals surface area contributed by atoms with Crippen LogP contribution in [0.4, 0.5) is 14.2 Å². The molecule has 1 N–H and O–H groups in total. The van der Waals surface area contributed by atoms with Crippen molar-refractivity contribution in [1.29, 1.82) is 0 Å². The Morgan fingerprint density at radius 3 is 2.33 bits per heavy atom. The third-order valence-corrected chi connectivity index (χ3v) is 3.98. The zero-order valence-corrected chi connectivity index (χ0v) is 14.6. The third-order valence-electron chi connectivity index (χ3n) is 2.88. The van der Waals surface area contributed by atoms with E-state index in [1.807, 2.05) is 0 Å². The Labute approximate surface area is 143 Å². The molecule has 0 fully saturated rings. The zero-order chi connectivity index (χ0) is 17.9. The summed E-state index contributed by atoms with van der Waals surface area (Å²) in [7, 11) is 1.26. The van der Waals surface area contributed by atoms with Gasteiger partial charge in [0.25, 0.3) is 0 Å². The molecule has 0 radical (unpaired) electrons. The van der Waals surface area contributed by atoms with Crippen LogP contribution in [0.15, 0.2) is 30.3 Å². The Morgan fingerprint density at radius 1 is 1.17 bits per heavy atom. The van der Waals surface area contributed by atoms with Gasteiger partial charge < -0.3 is 9.47 Å². The van der Waals surface area contributed by atoms with Gasteiger partial charge in [-0.15, -0.1) is 11.3 Å². The first kappa shape index (κ1) is 17.9. The third kappa shape index (κ3) is 4.55. The van der Waals surface area contributed by atoms with Crippen molar-refractivity contribution >= 4 is 28.4 Å². The van der Waals surface area contributed by atoms with Crippen molar-refractivity contribution in [3.05, 3.63) is 41.7 Å². The highest BCUT2D eigenvalue weighted by molar-refractivity contribution is 7.20. The molecule has 1 aromatic heterocycles. The van der Waals surface area contributed by atoms with E-state index in [-0.39, 0.29) is 11.4 Å². The van der Waals surface area contributed by atoms with Gasteiger partial charge in [-0.2, -0.15) is 0 Å². The van der Waals surface area contributed by atoms with Gasteiger partial charge in [-0.3, -0.25) is 5.32 Å². The summed E-state index contributed by atoms with van der Waals surface area (Å²) in [6.45, 7) is 5.23. The van der Waals surface area contributed by atoms with Crippen molar-refractivity contribution < 1.29 is 23.5 Å². The lowest BCUT2D eigenvalue weighted by atomic mass is 10.1. The van der Waals surface area contributed by atoms with Crippen LogP contribution in [0.3, 0.4) is 0 Å². The minimum Gasteiger partial charge on any atom is -0.465 e. The van der Waals surface area contributed by atoms with E-state index in [0.717, 1.165) is 5.56 Å². The molecule has 7 heteroatoms. The van der Waals surface area contributed by atoms with Crippen molar-refractivity contribution in [3.63, 3.8) is 0 Å². The molecule has 1 aromatic carbocycles. The Bertz CT molecular complexity index is 747. The monoisotopic (exact) mass is 351 g/mol. The molecule has 0 bridgehead atoms. The number of esters is 1. The van der Waals surface area contributed by atoms with E-state index in [4.69, 9.17) is 9.47 Å². The summed E-state index contributed by atoms with van der Waals surface area (Å²) < 4.78 is 23.0. The predicted molar refractivity (Wildman–Crippen MR) is 90.9 cm³/mol. The fourth-order valence-electron chi connectivity index (χ4n) is 1.90. The SMILES string of the molecule is COC(=O)c1cc(-c2ccc(F)cc2)sc1NC(=O)OC(C)(C)C. The fourth-order valence-corrected chi connectivity index (χ4v) is 2.94. The second-order valence-corrected chi connectivity index (χ2v) is 7.03. The number of anilines is 1. The predicted octanol–water partition coefficient (Wildman–Crippen LogP) is 4.69. The highest BCUT2D eigenvalue weighted by atomic mass is 32.1. The normalized spacial score (nSPS) is 11.0. The van der Waals surface area contributed by atoms with Crippen LogP contribution < -0.4 is 5.32 Å². The zero-order valence-electron chi connectivity index (χ0n) is 13.8. The average Bonchev–Trinajstić information content (AvgIpc) is 2.89. The minimum atomic E-state index is -0.667. The lowest BCUT2D eigenvalue weighted by Crippen LogP contribution is -2.27. The summed E-state index contributed by atoms with van der Waals surface area (Å²) >= 11 is 1.18. The molecule has 0 atom stereocenters. The number of benzene rings is 1. The first-order valence-electron chi connectivity index (χ1n) is 7.17. The Hall–Kier alpha value is -2.41. The standard InChI is InChI=1S/C17H18FNO4S/c1-17(2,3)23-16(21)19-14-12(15(20)22-4)9-13(24-14)10-5-7-11(18)8-6-10/h5-9H,1-4H3,(H,19,21). The largest absolute Gasteiger partial charge is 0.465 e. The Balaban J connectivity index is 2.33. The number of hydrogen-bond donors (Lipinski definition) is 1. The van der Waals surface area contributed by atoms with Crippen molar-refractivity contribution in [2.75, 3.05) is 12.4 Å². The maximum atomic E-state index is 13.1. The first-order valence-corrected chi connectivity index (χ1v) is 7.99. The summed E-state index contributed by atoms with van der Waals surface area (Å²) in [6.07, 6.45) is -0.667. The molecule has 5 nitrogen and oxygen atoms in total. The maximum absolute atomic E-state index is 13.1. The molecular formula is C17H18FNO4S. The quantitative estimate of drug-likeness (QED) is 0.815. The highest BCUT2D eigenvalue weighted by Gasteiger charge is 2.22. The van der Waals surface area contributed by atoms with Crippen molar-refractivity contribution in [2.45, 2.75) is 26.4 Å². The molecular weight excluding hydrogens is 333 g/mol. The number of amides is 1. The van der Waals surface area contributed by atoms with E-state index in [9.17, 15) is 14.0 Å². The van der Waals surface area contributed by atoms with Crippen LogP contribution in [-0.2, 0) is 9.47 Å². The summed E-state index contributed by atoms with van der Waals surface area (Å²) in [5.41, 5.74) is 0.281. The molecule has 2 rings (SSSR count). The lowest BCUT2D eigenvalue weighted by molar-refractivity contribution is 0.0602. The Morgan fingerprint density at radius 2 is 1.79 bits per heavy atom. The van der Waals surface area contributed by atoms with Gasteiger partial charge in [0.05, 0.1) is 12.7 Å². The highest BCUT2D eigenvalue weighted by Crippen LogP contribution is 2.36. The molecule has 2 aromatic rings. The number of hydrogen-bond acceptors (Lipinski definition) is 5. The van der Waals surface area contributed by atoms with Gasteiger partial charge in [0.1, 0.15) is 16.4 Å². The molecule has 128 valence electrons. The molecule has 0 unspecified atom stereocenters. The molecule has 0 spiro atoms. The van der Waals surface area contributed by atoms with Gasteiger partial charge in [0.2, 0.25) is 0 Å². The van der Waals surface area contributed by atoms with Gasteiger partial charge in [-0.25, -0.2) is 14.0 Å². The number of halogens is 1. The number of rotatable bonds is 3. The van der Waals surface area contributed by atoms with Crippen LogP contribution in [0.1, 0.15) is 31.1 Å². The van der Waals surface area contributed by atoms with Gasteiger partial charge in [-0.1, -0.05) is 12.1 Å². The van der Waals surface area contributed by atoms with Gasteiger partial charge in [-0.05, 0) is 44.5 Å². The summed E-state index contributed by atoms with van der Waals surface area (Å²) in [6, 6.07) is 7.44. The van der Waals surface area contributed by atoms with Gasteiger partial charge >= 0.3 is 12.1 Å². The number of thiophene rings is 1. The van der Waals surface area contributed by atoms with Gasteiger partial charge in [0.15, 0.2) is 0 Å². The fraction of sp³-hybridized carbons (Fsp3) is 0.294. The van der Waals surface area contributed by atoms with Crippen LogP contribution in [0.25, 0.3) is 10.4 Å². The summed E-state index contributed by atoms with van der Waals surface area (Å²) in [4.78, 5) is 24.6. The second kappa shape index (κ2) is 7.00. The average molecular weight is 351 g/mol. The van der Waals surface area contributed by atoms with E-state index in [1.165, 1.54) is 30.6 Å². The maximum Gasteiger partial charge on any atom is 0.412 e. The lowest BCUT2D eigenvalue weighted by Gasteiger charge is -2.19. The number of carbonyl (C=O) groups excluding carboxylic acids is 2. The van der Waals surface area contributed by atoms with E-state index < -0.39 is 17.7 Å². The molecule has 0 aliphatic rings. The summed E-state index contributed by atoms with van der Waals surface area (Å²) in [5, 5.41) is 2.88. The molecule has 24 heavy (non-hydrogen) atoms. The number of nitrogens with one attached hydrogen (secondary N) is 1. The Kier molecular flexibility index (Phi) is 5.23. The van der Waals surface area contributed by atoms with Gasteiger partial charge in [0, 0.05) is 4.88 Å². The number of ether oxygens (including phenoxy) is 2. The van der Waals surface area contributed by atoms with Crippen LogP contribution in [0.2, 0.25) is 0 Å². The minimum absolute atomic E-state index is 0.215. The molecule has 1 heterocycles. The van der Waals surface area contributed by atoms with E-state index in [0.29, 0.717) is 9.88 Å². The van der Waals surface area contributed by atoms with Crippen LogP contribution in [-0.4, -0.2) is 24.8 Å². The molecule has 1 amide bonds. The van der Waals surface area contributed by atoms with Crippen molar-refractivity contribution in [3.8, 4) is 10.4 Å². The van der Waals surface area contributed by atoms with Crippen molar-refractivity contribution in [1.82, 2.24) is 0 Å². The molecule has 0 saturated heterocycles. The second-order valence-electron chi connectivity index (χ2n) is 5.98. The topological polar surface area (TPSA) is 64.6 Å². The smallest absolute Gasteiger partial charge is 0.412 e. The molecule has 0 aliphatic heterocycles.